The number of rotatable bonds is 4. The first-order valence-electron chi connectivity index (χ1n) is 6.44. The van der Waals surface area contributed by atoms with E-state index in [1.165, 1.54) is 0 Å². The van der Waals surface area contributed by atoms with E-state index in [1.54, 1.807) is 6.92 Å². The van der Waals surface area contributed by atoms with Crippen molar-refractivity contribution in [3.63, 3.8) is 0 Å². The minimum absolute atomic E-state index is 0.135. The molecule has 1 unspecified atom stereocenters. The molecule has 2 rings (SSSR count). The summed E-state index contributed by atoms with van der Waals surface area (Å²) in [6.45, 7) is 8.02. The predicted octanol–water partition coefficient (Wildman–Crippen LogP) is 0.270. The van der Waals surface area contributed by atoms with Crippen molar-refractivity contribution in [3.8, 4) is 0 Å². The van der Waals surface area contributed by atoms with Gasteiger partial charge >= 0.3 is 5.97 Å². The van der Waals surface area contributed by atoms with Crippen molar-refractivity contribution in [2.75, 3.05) is 39.3 Å². The molecule has 0 bridgehead atoms. The maximum Gasteiger partial charge on any atom is 0.334 e. The van der Waals surface area contributed by atoms with E-state index in [0.717, 1.165) is 38.3 Å². The van der Waals surface area contributed by atoms with Crippen LogP contribution in [0.3, 0.4) is 0 Å². The van der Waals surface area contributed by atoms with Crippen LogP contribution in [0.4, 0.5) is 0 Å². The highest BCUT2D eigenvalue weighted by Gasteiger charge is 2.28. The third-order valence-electron chi connectivity index (χ3n) is 3.50. The first-order valence-corrected chi connectivity index (χ1v) is 6.44. The molecular weight excluding hydrogens is 232 g/mol. The van der Waals surface area contributed by atoms with E-state index in [9.17, 15) is 9.59 Å². The normalized spacial score (nSPS) is 23.6. The molecule has 1 saturated heterocycles. The lowest BCUT2D eigenvalue weighted by Gasteiger charge is -2.33. The Morgan fingerprint density at radius 1 is 1.33 bits per heavy atom. The number of ether oxygens (including phenoxy) is 1. The molecule has 0 aromatic rings. The molecule has 1 aliphatic carbocycles. The maximum absolute atomic E-state index is 11.4. The smallest absolute Gasteiger partial charge is 0.334 e. The van der Waals surface area contributed by atoms with E-state index in [0.29, 0.717) is 12.5 Å². The maximum atomic E-state index is 11.4. The van der Waals surface area contributed by atoms with Gasteiger partial charge in [-0.25, -0.2) is 4.79 Å². The molecule has 1 atom stereocenters. The zero-order valence-corrected chi connectivity index (χ0v) is 11.0. The van der Waals surface area contributed by atoms with Crippen LogP contribution in [0, 0.1) is 5.92 Å². The molecule has 0 aromatic heterocycles. The van der Waals surface area contributed by atoms with Crippen molar-refractivity contribution < 1.29 is 14.3 Å². The number of esters is 1. The second-order valence-corrected chi connectivity index (χ2v) is 4.89. The van der Waals surface area contributed by atoms with Crippen molar-refractivity contribution in [2.45, 2.75) is 13.8 Å². The number of hydrogen-bond donors (Lipinski definition) is 0. The molecule has 1 fully saturated rings. The minimum atomic E-state index is -0.176. The Morgan fingerprint density at radius 2 is 1.94 bits per heavy atom. The summed E-state index contributed by atoms with van der Waals surface area (Å²) < 4.78 is 5.18. The topological polar surface area (TPSA) is 49.9 Å². The molecule has 0 aromatic carbocycles. The van der Waals surface area contributed by atoms with Crippen LogP contribution < -0.4 is 0 Å². The van der Waals surface area contributed by atoms with E-state index >= 15 is 0 Å². The highest BCUT2D eigenvalue weighted by atomic mass is 16.5. The number of carbonyl (C=O) groups excluding carboxylic acids is 2. The molecule has 0 N–H and O–H groups in total. The summed E-state index contributed by atoms with van der Waals surface area (Å²) in [5.74, 6) is 0.261. The van der Waals surface area contributed by atoms with Crippen LogP contribution >= 0.6 is 0 Å². The molecule has 1 aliphatic heterocycles. The lowest BCUT2D eigenvalue weighted by atomic mass is 10.3. The van der Waals surface area contributed by atoms with Gasteiger partial charge in [-0.3, -0.25) is 9.69 Å². The summed E-state index contributed by atoms with van der Waals surface area (Å²) >= 11 is 0. The molecular formula is C13H20N2O3. The Hall–Kier alpha value is -1.36. The summed E-state index contributed by atoms with van der Waals surface area (Å²) in [6, 6.07) is 0. The Bertz CT molecular complexity index is 370. The van der Waals surface area contributed by atoms with Crippen LogP contribution in [-0.2, 0) is 14.3 Å². The van der Waals surface area contributed by atoms with Crippen molar-refractivity contribution in [1.29, 1.82) is 0 Å². The molecule has 1 heterocycles. The number of amides is 1. The average Bonchev–Trinajstić information content (AvgIpc) is 3.07. The highest BCUT2D eigenvalue weighted by Crippen LogP contribution is 2.28. The van der Waals surface area contributed by atoms with E-state index in [1.807, 2.05) is 17.9 Å². The summed E-state index contributed by atoms with van der Waals surface area (Å²) in [4.78, 5) is 26.7. The van der Waals surface area contributed by atoms with Crippen molar-refractivity contribution in [1.82, 2.24) is 9.80 Å². The second-order valence-electron chi connectivity index (χ2n) is 4.89. The van der Waals surface area contributed by atoms with Gasteiger partial charge in [0.2, 0.25) is 5.91 Å². The first-order chi connectivity index (χ1) is 8.58. The zero-order chi connectivity index (χ0) is 13.1. The van der Waals surface area contributed by atoms with Gasteiger partial charge in [0.05, 0.1) is 0 Å². The first kappa shape index (κ1) is 13.1. The van der Waals surface area contributed by atoms with Crippen LogP contribution in [-0.4, -0.2) is 61.0 Å². The molecule has 0 radical (unpaired) electrons. The number of hydrogen-bond acceptors (Lipinski definition) is 4. The lowest BCUT2D eigenvalue weighted by Crippen LogP contribution is -2.48. The number of carbonyl (C=O) groups is 2. The highest BCUT2D eigenvalue weighted by molar-refractivity contribution is 5.93. The molecule has 0 spiro atoms. The van der Waals surface area contributed by atoms with Gasteiger partial charge in [-0.1, -0.05) is 13.0 Å². The Morgan fingerprint density at radius 3 is 2.44 bits per heavy atom. The van der Waals surface area contributed by atoms with Gasteiger partial charge in [0.1, 0.15) is 6.61 Å². The van der Waals surface area contributed by atoms with Gasteiger partial charge in [0.25, 0.3) is 0 Å². The fraction of sp³-hybridized carbons (Fsp3) is 0.692. The number of piperazine rings is 1. The Balaban J connectivity index is 1.59. The van der Waals surface area contributed by atoms with Crippen molar-refractivity contribution in [2.24, 2.45) is 5.92 Å². The Kier molecular flexibility index (Phi) is 4.01. The van der Waals surface area contributed by atoms with E-state index < -0.39 is 0 Å². The van der Waals surface area contributed by atoms with Crippen LogP contribution in [0.25, 0.3) is 0 Å². The van der Waals surface area contributed by atoms with Crippen LogP contribution in [0.5, 0.6) is 0 Å². The summed E-state index contributed by atoms with van der Waals surface area (Å²) in [5.41, 5.74) is 0.802. The summed E-state index contributed by atoms with van der Waals surface area (Å²) in [7, 11) is 0. The third kappa shape index (κ3) is 3.32. The molecule has 1 amide bonds. The summed E-state index contributed by atoms with van der Waals surface area (Å²) in [6.07, 6.45) is 1.91. The molecule has 5 heteroatoms. The molecule has 0 saturated carbocycles. The molecule has 5 nitrogen and oxygen atoms in total. The van der Waals surface area contributed by atoms with Gasteiger partial charge in [-0.05, 0) is 0 Å². The summed E-state index contributed by atoms with van der Waals surface area (Å²) in [5, 5.41) is 0. The van der Waals surface area contributed by atoms with Gasteiger partial charge in [0.15, 0.2) is 0 Å². The van der Waals surface area contributed by atoms with Crippen LogP contribution in [0.1, 0.15) is 13.8 Å². The predicted molar refractivity (Wildman–Crippen MR) is 66.9 cm³/mol. The second kappa shape index (κ2) is 5.52. The van der Waals surface area contributed by atoms with Crippen LogP contribution in [0.15, 0.2) is 11.6 Å². The molecule has 18 heavy (non-hydrogen) atoms. The van der Waals surface area contributed by atoms with E-state index in [4.69, 9.17) is 4.74 Å². The minimum Gasteiger partial charge on any atom is -0.461 e. The monoisotopic (exact) mass is 252 g/mol. The van der Waals surface area contributed by atoms with Gasteiger partial charge in [0, 0.05) is 51.1 Å². The fourth-order valence-corrected chi connectivity index (χ4v) is 2.11. The molecule has 100 valence electrons. The van der Waals surface area contributed by atoms with Crippen molar-refractivity contribution >= 4 is 11.9 Å². The molecule has 2 aliphatic rings. The number of allylic oxidation sites excluding steroid dienone is 1. The van der Waals surface area contributed by atoms with E-state index in [-0.39, 0.29) is 11.9 Å². The van der Waals surface area contributed by atoms with Gasteiger partial charge in [-0.2, -0.15) is 0 Å². The standard InChI is InChI=1S/C13H20N2O3/c1-10-9-12(10)13(17)18-8-7-14-3-5-15(6-4-14)11(2)16/h9-10H,3-8H2,1-2H3. The van der Waals surface area contributed by atoms with Crippen LogP contribution in [0.2, 0.25) is 0 Å². The SMILES string of the molecule is CC(=O)N1CCN(CCOC(=O)C2=CC2C)CC1. The lowest BCUT2D eigenvalue weighted by molar-refractivity contribution is -0.139. The van der Waals surface area contributed by atoms with Gasteiger partial charge in [-0.15, -0.1) is 0 Å². The van der Waals surface area contributed by atoms with Gasteiger partial charge < -0.3 is 9.64 Å². The quantitative estimate of drug-likeness (QED) is 0.674. The zero-order valence-electron chi connectivity index (χ0n) is 11.0. The average molecular weight is 252 g/mol. The largest absolute Gasteiger partial charge is 0.461 e. The van der Waals surface area contributed by atoms with Crippen molar-refractivity contribution in [3.05, 3.63) is 11.6 Å². The van der Waals surface area contributed by atoms with E-state index in [2.05, 4.69) is 4.90 Å². The number of nitrogens with zero attached hydrogens (tertiary/aromatic N) is 2. The Labute approximate surface area is 107 Å². The third-order valence-corrected chi connectivity index (χ3v) is 3.50. The fourth-order valence-electron chi connectivity index (χ4n) is 2.11.